The van der Waals surface area contributed by atoms with Gasteiger partial charge in [-0.3, -0.25) is 0 Å². The summed E-state index contributed by atoms with van der Waals surface area (Å²) in [6, 6.07) is 11.4. The summed E-state index contributed by atoms with van der Waals surface area (Å²) >= 11 is 0. The fourth-order valence-electron chi connectivity index (χ4n) is 1.98. The Bertz CT molecular complexity index is 560. The summed E-state index contributed by atoms with van der Waals surface area (Å²) in [6.45, 7) is 5.87. The van der Waals surface area contributed by atoms with Crippen LogP contribution in [0.2, 0.25) is 0 Å². The Morgan fingerprint density at radius 2 is 1.88 bits per heavy atom. The Hall–Kier alpha value is -1.80. The van der Waals surface area contributed by atoms with Crippen LogP contribution >= 0.6 is 0 Å². The SMILES string of the molecule is C=C(C)C[C@H](N)c1ccc2cc(O)ccc2c1. The fraction of sp³-hybridized carbons (Fsp3) is 0.200. The molecule has 3 N–H and O–H groups in total. The van der Waals surface area contributed by atoms with Gasteiger partial charge in [0.2, 0.25) is 0 Å². The van der Waals surface area contributed by atoms with E-state index in [0.717, 1.165) is 28.3 Å². The maximum absolute atomic E-state index is 9.39. The second-order valence-corrected chi connectivity index (χ2v) is 4.56. The molecule has 0 aliphatic carbocycles. The van der Waals surface area contributed by atoms with E-state index in [9.17, 15) is 5.11 Å². The molecule has 88 valence electrons. The molecule has 2 heteroatoms. The molecule has 0 saturated carbocycles. The second-order valence-electron chi connectivity index (χ2n) is 4.56. The third kappa shape index (κ3) is 2.66. The van der Waals surface area contributed by atoms with Crippen LogP contribution in [0.15, 0.2) is 48.6 Å². The van der Waals surface area contributed by atoms with Crippen molar-refractivity contribution in [2.75, 3.05) is 0 Å². The van der Waals surface area contributed by atoms with Gasteiger partial charge < -0.3 is 10.8 Å². The zero-order valence-electron chi connectivity index (χ0n) is 9.98. The fourth-order valence-corrected chi connectivity index (χ4v) is 1.98. The van der Waals surface area contributed by atoms with E-state index in [1.807, 2.05) is 25.1 Å². The topological polar surface area (TPSA) is 46.2 Å². The number of fused-ring (bicyclic) bond motifs is 1. The van der Waals surface area contributed by atoms with E-state index in [0.29, 0.717) is 0 Å². The van der Waals surface area contributed by atoms with E-state index in [2.05, 4.69) is 12.6 Å². The highest BCUT2D eigenvalue weighted by molar-refractivity contribution is 5.84. The molecule has 0 aromatic heterocycles. The molecule has 2 nitrogen and oxygen atoms in total. The van der Waals surface area contributed by atoms with Crippen molar-refractivity contribution in [1.29, 1.82) is 0 Å². The molecule has 1 atom stereocenters. The van der Waals surface area contributed by atoms with E-state index < -0.39 is 0 Å². The molecule has 0 aliphatic rings. The monoisotopic (exact) mass is 227 g/mol. The first-order chi connectivity index (χ1) is 8.06. The van der Waals surface area contributed by atoms with Gasteiger partial charge in [0.15, 0.2) is 0 Å². The first-order valence-corrected chi connectivity index (χ1v) is 5.69. The number of benzene rings is 2. The van der Waals surface area contributed by atoms with Crippen molar-refractivity contribution in [3.8, 4) is 5.75 Å². The van der Waals surface area contributed by atoms with Gasteiger partial charge in [-0.15, -0.1) is 6.58 Å². The highest BCUT2D eigenvalue weighted by atomic mass is 16.3. The standard InChI is InChI=1S/C15H17NO/c1-10(2)7-15(16)13-4-3-12-9-14(17)6-5-11(12)8-13/h3-6,8-9,15,17H,1,7,16H2,2H3/t15-/m0/s1. The number of nitrogens with two attached hydrogens (primary N) is 1. The molecule has 0 unspecified atom stereocenters. The molecular formula is C15H17NO. The number of aromatic hydroxyl groups is 1. The van der Waals surface area contributed by atoms with Crippen LogP contribution in [0, 0.1) is 0 Å². The first-order valence-electron chi connectivity index (χ1n) is 5.69. The molecule has 0 spiro atoms. The number of rotatable bonds is 3. The van der Waals surface area contributed by atoms with Crippen LogP contribution < -0.4 is 5.73 Å². The Labute approximate surface area is 101 Å². The van der Waals surface area contributed by atoms with Crippen LogP contribution in [0.25, 0.3) is 10.8 Å². The quantitative estimate of drug-likeness (QED) is 0.788. The Balaban J connectivity index is 2.37. The smallest absolute Gasteiger partial charge is 0.116 e. The molecule has 2 rings (SSSR count). The van der Waals surface area contributed by atoms with Crippen LogP contribution in [0.4, 0.5) is 0 Å². The maximum atomic E-state index is 9.39. The lowest BCUT2D eigenvalue weighted by Crippen LogP contribution is -2.10. The van der Waals surface area contributed by atoms with Crippen LogP contribution in [0.1, 0.15) is 24.9 Å². The Morgan fingerprint density at radius 3 is 2.59 bits per heavy atom. The van der Waals surface area contributed by atoms with E-state index >= 15 is 0 Å². The predicted molar refractivity (Wildman–Crippen MR) is 72.0 cm³/mol. The number of phenols is 1. The van der Waals surface area contributed by atoms with Gasteiger partial charge >= 0.3 is 0 Å². The van der Waals surface area contributed by atoms with E-state index in [4.69, 9.17) is 5.73 Å². The van der Waals surface area contributed by atoms with Crippen molar-refractivity contribution in [2.24, 2.45) is 5.73 Å². The van der Waals surface area contributed by atoms with Gasteiger partial charge in [0.25, 0.3) is 0 Å². The van der Waals surface area contributed by atoms with Gasteiger partial charge in [-0.1, -0.05) is 23.8 Å². The highest BCUT2D eigenvalue weighted by Crippen LogP contribution is 2.25. The molecule has 0 saturated heterocycles. The van der Waals surface area contributed by atoms with Crippen molar-refractivity contribution in [1.82, 2.24) is 0 Å². The van der Waals surface area contributed by atoms with Gasteiger partial charge in [0, 0.05) is 6.04 Å². The van der Waals surface area contributed by atoms with Gasteiger partial charge in [0.05, 0.1) is 0 Å². The Morgan fingerprint density at radius 1 is 1.24 bits per heavy atom. The summed E-state index contributed by atoms with van der Waals surface area (Å²) in [5.41, 5.74) is 8.30. The summed E-state index contributed by atoms with van der Waals surface area (Å²) in [7, 11) is 0. The summed E-state index contributed by atoms with van der Waals surface area (Å²) in [5, 5.41) is 11.5. The van der Waals surface area contributed by atoms with E-state index in [1.54, 1.807) is 12.1 Å². The molecule has 2 aromatic rings. The molecule has 17 heavy (non-hydrogen) atoms. The molecule has 0 fully saturated rings. The highest BCUT2D eigenvalue weighted by Gasteiger charge is 2.06. The minimum absolute atomic E-state index is 0.00861. The summed E-state index contributed by atoms with van der Waals surface area (Å²) in [5.74, 6) is 0.288. The maximum Gasteiger partial charge on any atom is 0.116 e. The van der Waals surface area contributed by atoms with E-state index in [-0.39, 0.29) is 11.8 Å². The zero-order chi connectivity index (χ0) is 12.4. The minimum Gasteiger partial charge on any atom is -0.508 e. The normalized spacial score (nSPS) is 12.6. The lowest BCUT2D eigenvalue weighted by Gasteiger charge is -2.12. The molecule has 0 radical (unpaired) electrons. The molecule has 0 bridgehead atoms. The lowest BCUT2D eigenvalue weighted by molar-refractivity contribution is 0.476. The summed E-state index contributed by atoms with van der Waals surface area (Å²) < 4.78 is 0. The van der Waals surface area contributed by atoms with Crippen molar-refractivity contribution in [2.45, 2.75) is 19.4 Å². The van der Waals surface area contributed by atoms with Gasteiger partial charge in [0.1, 0.15) is 5.75 Å². The van der Waals surface area contributed by atoms with Gasteiger partial charge in [-0.05, 0) is 47.9 Å². The first kappa shape index (κ1) is 11.7. The Kier molecular flexibility index (Phi) is 3.16. The van der Waals surface area contributed by atoms with Crippen LogP contribution in [0.5, 0.6) is 5.75 Å². The van der Waals surface area contributed by atoms with Gasteiger partial charge in [-0.2, -0.15) is 0 Å². The zero-order valence-corrected chi connectivity index (χ0v) is 9.98. The number of phenolic OH excluding ortho intramolecular Hbond substituents is 1. The molecule has 0 heterocycles. The third-order valence-corrected chi connectivity index (χ3v) is 2.84. The van der Waals surface area contributed by atoms with Crippen molar-refractivity contribution in [3.63, 3.8) is 0 Å². The van der Waals surface area contributed by atoms with Crippen LogP contribution in [-0.2, 0) is 0 Å². The summed E-state index contributed by atoms with van der Waals surface area (Å²) in [6.07, 6.45) is 0.795. The second kappa shape index (κ2) is 4.60. The largest absolute Gasteiger partial charge is 0.508 e. The third-order valence-electron chi connectivity index (χ3n) is 2.84. The molecule has 0 aliphatic heterocycles. The molecular weight excluding hydrogens is 210 g/mol. The average molecular weight is 227 g/mol. The molecule has 0 amide bonds. The minimum atomic E-state index is -0.00861. The summed E-state index contributed by atoms with van der Waals surface area (Å²) in [4.78, 5) is 0. The predicted octanol–water partition coefficient (Wildman–Crippen LogP) is 3.51. The van der Waals surface area contributed by atoms with Crippen molar-refractivity contribution >= 4 is 10.8 Å². The van der Waals surface area contributed by atoms with Crippen molar-refractivity contribution < 1.29 is 5.11 Å². The van der Waals surface area contributed by atoms with E-state index in [1.165, 1.54) is 0 Å². The number of hydrogen-bond donors (Lipinski definition) is 2. The average Bonchev–Trinajstić information content (AvgIpc) is 2.27. The van der Waals surface area contributed by atoms with Crippen LogP contribution in [0.3, 0.4) is 0 Å². The molecule has 2 aromatic carbocycles. The van der Waals surface area contributed by atoms with Gasteiger partial charge in [-0.25, -0.2) is 0 Å². The van der Waals surface area contributed by atoms with Crippen molar-refractivity contribution in [3.05, 3.63) is 54.1 Å². The number of hydrogen-bond acceptors (Lipinski definition) is 2. The lowest BCUT2D eigenvalue weighted by atomic mass is 9.98. The van der Waals surface area contributed by atoms with Crippen LogP contribution in [-0.4, -0.2) is 5.11 Å².